The number of carbonyl (C=O) groups excluding carboxylic acids is 1. The van der Waals surface area contributed by atoms with Gasteiger partial charge in [-0.15, -0.1) is 0 Å². The standard InChI is InChI=1S/C19H22O2/c1-15-12-18(14-20)13-16(2)19(15)21-11-7-6-10-17-8-4-3-5-9-17/h3-5,8-9,12-14H,6-7,10-11H2,1-2H3. The van der Waals surface area contributed by atoms with Crippen molar-refractivity contribution in [1.29, 1.82) is 0 Å². The highest BCUT2D eigenvalue weighted by Gasteiger charge is 2.06. The number of hydrogen-bond donors (Lipinski definition) is 0. The molecular weight excluding hydrogens is 260 g/mol. The van der Waals surface area contributed by atoms with Gasteiger partial charge in [0.05, 0.1) is 6.61 Å². The minimum atomic E-state index is 0.710. The molecule has 0 aliphatic rings. The zero-order valence-electron chi connectivity index (χ0n) is 12.8. The van der Waals surface area contributed by atoms with Gasteiger partial charge < -0.3 is 4.74 Å². The first kappa shape index (κ1) is 15.3. The van der Waals surface area contributed by atoms with Crippen LogP contribution in [-0.4, -0.2) is 12.9 Å². The fourth-order valence-electron chi connectivity index (χ4n) is 2.53. The summed E-state index contributed by atoms with van der Waals surface area (Å²) in [5, 5.41) is 0. The summed E-state index contributed by atoms with van der Waals surface area (Å²) in [5.41, 5.74) is 4.14. The third-order valence-corrected chi connectivity index (χ3v) is 3.57. The molecule has 0 aliphatic carbocycles. The number of rotatable bonds is 7. The third kappa shape index (κ3) is 4.45. The van der Waals surface area contributed by atoms with E-state index in [1.165, 1.54) is 5.56 Å². The Balaban J connectivity index is 1.80. The first-order valence-corrected chi connectivity index (χ1v) is 7.44. The Morgan fingerprint density at radius 2 is 1.67 bits per heavy atom. The minimum Gasteiger partial charge on any atom is -0.493 e. The summed E-state index contributed by atoms with van der Waals surface area (Å²) in [5.74, 6) is 0.917. The first-order chi connectivity index (χ1) is 10.2. The van der Waals surface area contributed by atoms with Gasteiger partial charge in [0.25, 0.3) is 0 Å². The molecule has 0 spiro atoms. The van der Waals surface area contributed by atoms with E-state index in [1.807, 2.05) is 32.0 Å². The number of carbonyl (C=O) groups is 1. The minimum absolute atomic E-state index is 0.710. The lowest BCUT2D eigenvalue weighted by Gasteiger charge is -2.12. The van der Waals surface area contributed by atoms with E-state index < -0.39 is 0 Å². The Bertz CT molecular complexity index is 565. The normalized spacial score (nSPS) is 10.4. The maximum Gasteiger partial charge on any atom is 0.150 e. The summed E-state index contributed by atoms with van der Waals surface area (Å²) in [4.78, 5) is 10.8. The van der Waals surface area contributed by atoms with Crippen LogP contribution in [0.2, 0.25) is 0 Å². The number of ether oxygens (including phenoxy) is 1. The van der Waals surface area contributed by atoms with Gasteiger partial charge in [0.1, 0.15) is 12.0 Å². The monoisotopic (exact) mass is 282 g/mol. The van der Waals surface area contributed by atoms with Crippen molar-refractivity contribution in [3.05, 3.63) is 64.7 Å². The van der Waals surface area contributed by atoms with E-state index in [9.17, 15) is 4.79 Å². The highest BCUT2D eigenvalue weighted by molar-refractivity contribution is 5.76. The molecular formula is C19H22O2. The van der Waals surface area contributed by atoms with Crippen LogP contribution < -0.4 is 4.74 Å². The molecule has 2 heteroatoms. The number of aryl methyl sites for hydroxylation is 3. The zero-order chi connectivity index (χ0) is 15.1. The smallest absolute Gasteiger partial charge is 0.150 e. The second-order valence-corrected chi connectivity index (χ2v) is 5.39. The predicted molar refractivity (Wildman–Crippen MR) is 86.2 cm³/mol. The summed E-state index contributed by atoms with van der Waals surface area (Å²) in [7, 11) is 0. The fourth-order valence-corrected chi connectivity index (χ4v) is 2.53. The van der Waals surface area contributed by atoms with Crippen molar-refractivity contribution in [2.45, 2.75) is 33.1 Å². The lowest BCUT2D eigenvalue weighted by molar-refractivity contribution is 0.112. The molecule has 2 aromatic rings. The molecule has 2 rings (SSSR count). The van der Waals surface area contributed by atoms with Crippen molar-refractivity contribution in [2.24, 2.45) is 0 Å². The molecule has 0 amide bonds. The molecule has 0 heterocycles. The van der Waals surface area contributed by atoms with E-state index in [2.05, 4.69) is 24.3 Å². The fraction of sp³-hybridized carbons (Fsp3) is 0.316. The summed E-state index contributed by atoms with van der Waals surface area (Å²) in [6, 6.07) is 14.3. The summed E-state index contributed by atoms with van der Waals surface area (Å²) < 4.78 is 5.89. The second-order valence-electron chi connectivity index (χ2n) is 5.39. The molecule has 21 heavy (non-hydrogen) atoms. The topological polar surface area (TPSA) is 26.3 Å². The van der Waals surface area contributed by atoms with Crippen LogP contribution in [0.1, 0.15) is 39.9 Å². The average molecular weight is 282 g/mol. The van der Waals surface area contributed by atoms with Crippen LogP contribution in [0.3, 0.4) is 0 Å². The molecule has 0 radical (unpaired) electrons. The van der Waals surface area contributed by atoms with E-state index in [0.29, 0.717) is 5.56 Å². The SMILES string of the molecule is Cc1cc(C=O)cc(C)c1OCCCCc1ccccc1. The molecule has 0 N–H and O–H groups in total. The Hall–Kier alpha value is -2.09. The molecule has 0 aromatic heterocycles. The largest absolute Gasteiger partial charge is 0.493 e. The van der Waals surface area contributed by atoms with E-state index in [1.54, 1.807) is 0 Å². The van der Waals surface area contributed by atoms with E-state index in [-0.39, 0.29) is 0 Å². The molecule has 2 aromatic carbocycles. The lowest BCUT2D eigenvalue weighted by Crippen LogP contribution is -2.02. The van der Waals surface area contributed by atoms with Gasteiger partial charge in [-0.25, -0.2) is 0 Å². The van der Waals surface area contributed by atoms with Gasteiger partial charge in [-0.05, 0) is 61.9 Å². The number of hydrogen-bond acceptors (Lipinski definition) is 2. The van der Waals surface area contributed by atoms with Gasteiger partial charge in [-0.3, -0.25) is 4.79 Å². The quantitative estimate of drug-likeness (QED) is 0.551. The molecule has 0 bridgehead atoms. The van der Waals surface area contributed by atoms with Crippen molar-refractivity contribution >= 4 is 6.29 Å². The molecule has 0 saturated carbocycles. The van der Waals surface area contributed by atoms with E-state index in [0.717, 1.165) is 49.0 Å². The number of unbranched alkanes of at least 4 members (excludes halogenated alkanes) is 1. The lowest BCUT2D eigenvalue weighted by atomic mass is 10.1. The van der Waals surface area contributed by atoms with Crippen molar-refractivity contribution in [3.8, 4) is 5.75 Å². The van der Waals surface area contributed by atoms with Crippen LogP contribution in [0, 0.1) is 13.8 Å². The van der Waals surface area contributed by atoms with Crippen molar-refractivity contribution < 1.29 is 9.53 Å². The summed E-state index contributed by atoms with van der Waals surface area (Å²) in [6.45, 7) is 4.69. The van der Waals surface area contributed by atoms with Gasteiger partial charge in [-0.2, -0.15) is 0 Å². The van der Waals surface area contributed by atoms with Crippen LogP contribution in [0.15, 0.2) is 42.5 Å². The maximum absolute atomic E-state index is 10.8. The Kier molecular flexibility index (Phi) is 5.56. The Morgan fingerprint density at radius 3 is 2.29 bits per heavy atom. The third-order valence-electron chi connectivity index (χ3n) is 3.57. The molecule has 0 aliphatic heterocycles. The molecule has 0 unspecified atom stereocenters. The molecule has 110 valence electrons. The Morgan fingerprint density at radius 1 is 1.00 bits per heavy atom. The Labute approximate surface area is 126 Å². The van der Waals surface area contributed by atoms with Crippen molar-refractivity contribution in [2.75, 3.05) is 6.61 Å². The van der Waals surface area contributed by atoms with Crippen LogP contribution in [0.5, 0.6) is 5.75 Å². The highest BCUT2D eigenvalue weighted by Crippen LogP contribution is 2.24. The highest BCUT2D eigenvalue weighted by atomic mass is 16.5. The number of benzene rings is 2. The maximum atomic E-state index is 10.8. The first-order valence-electron chi connectivity index (χ1n) is 7.44. The predicted octanol–water partition coefficient (Wildman–Crippen LogP) is 4.52. The van der Waals surface area contributed by atoms with Gasteiger partial charge in [0.15, 0.2) is 0 Å². The van der Waals surface area contributed by atoms with Crippen molar-refractivity contribution in [3.63, 3.8) is 0 Å². The molecule has 0 fully saturated rings. The van der Waals surface area contributed by atoms with Gasteiger partial charge in [-0.1, -0.05) is 30.3 Å². The summed E-state index contributed by atoms with van der Waals surface area (Å²) >= 11 is 0. The second kappa shape index (κ2) is 7.63. The number of aldehydes is 1. The van der Waals surface area contributed by atoms with E-state index in [4.69, 9.17) is 4.74 Å². The van der Waals surface area contributed by atoms with Crippen LogP contribution >= 0.6 is 0 Å². The summed E-state index contributed by atoms with van der Waals surface area (Å²) in [6.07, 6.45) is 4.12. The molecule has 2 nitrogen and oxygen atoms in total. The van der Waals surface area contributed by atoms with Crippen LogP contribution in [-0.2, 0) is 6.42 Å². The van der Waals surface area contributed by atoms with Gasteiger partial charge >= 0.3 is 0 Å². The molecule has 0 saturated heterocycles. The molecule has 0 atom stereocenters. The van der Waals surface area contributed by atoms with Crippen molar-refractivity contribution in [1.82, 2.24) is 0 Å². The van der Waals surface area contributed by atoms with Crippen LogP contribution in [0.25, 0.3) is 0 Å². The van der Waals surface area contributed by atoms with Crippen LogP contribution in [0.4, 0.5) is 0 Å². The zero-order valence-corrected chi connectivity index (χ0v) is 12.8. The van der Waals surface area contributed by atoms with Gasteiger partial charge in [0.2, 0.25) is 0 Å². The average Bonchev–Trinajstić information content (AvgIpc) is 2.50. The van der Waals surface area contributed by atoms with Gasteiger partial charge in [0, 0.05) is 5.56 Å². The van der Waals surface area contributed by atoms with E-state index >= 15 is 0 Å².